The van der Waals surface area contributed by atoms with Crippen molar-refractivity contribution in [2.24, 2.45) is 16.4 Å². The van der Waals surface area contributed by atoms with Crippen LogP contribution in [0.5, 0.6) is 0 Å². The molecule has 1 heterocycles. The molecule has 1 saturated carbocycles. The molecule has 4 nitrogen and oxygen atoms in total. The first-order chi connectivity index (χ1) is 12.0. The number of rotatable bonds is 5. The van der Waals surface area contributed by atoms with Crippen LogP contribution in [0.1, 0.15) is 58.8 Å². The molecule has 3 rings (SSSR count). The fourth-order valence-corrected chi connectivity index (χ4v) is 4.08. The Morgan fingerprint density at radius 3 is 2.80 bits per heavy atom. The molecule has 1 amide bonds. The highest BCUT2D eigenvalue weighted by molar-refractivity contribution is 6.12. The maximum absolute atomic E-state index is 13.0. The molecule has 1 atom stereocenters. The average molecular weight is 340 g/mol. The molecule has 0 N–H and O–H groups in total. The van der Waals surface area contributed by atoms with Gasteiger partial charge in [0.05, 0.1) is 11.1 Å². The minimum absolute atomic E-state index is 0.0160. The molecule has 1 aliphatic heterocycles. The summed E-state index contributed by atoms with van der Waals surface area (Å²) < 4.78 is 0. The van der Waals surface area contributed by atoms with Crippen LogP contribution in [0.4, 0.5) is 0 Å². The summed E-state index contributed by atoms with van der Waals surface area (Å²) in [7, 11) is 0. The van der Waals surface area contributed by atoms with Crippen molar-refractivity contribution in [3.8, 4) is 0 Å². The van der Waals surface area contributed by atoms with Crippen LogP contribution in [0.3, 0.4) is 0 Å². The number of hydrogen-bond acceptors (Lipinski definition) is 3. The van der Waals surface area contributed by atoms with Crippen LogP contribution < -0.4 is 0 Å². The lowest BCUT2D eigenvalue weighted by Gasteiger charge is -2.30. The largest absolute Gasteiger partial charge is 0.292 e. The number of hydrazone groups is 1. The van der Waals surface area contributed by atoms with E-state index in [1.165, 1.54) is 37.1 Å². The zero-order valence-electron chi connectivity index (χ0n) is 15.3. The fraction of sp³-hybridized carbons (Fsp3) is 0.571. The fourth-order valence-electron chi connectivity index (χ4n) is 4.08. The van der Waals surface area contributed by atoms with E-state index in [2.05, 4.69) is 5.10 Å². The average Bonchev–Trinajstić information content (AvgIpc) is 2.83. The minimum atomic E-state index is -0.546. The Morgan fingerprint density at radius 2 is 2.04 bits per heavy atom. The van der Waals surface area contributed by atoms with E-state index in [-0.39, 0.29) is 18.2 Å². The molecule has 1 fully saturated rings. The third-order valence-electron chi connectivity index (χ3n) is 5.79. The SMILES string of the molecule is CC1=NN(CC(=O)C2=CC=CCC=C2)C(=O)C1(C)CC1CCCCC1. The number of nitrogens with zero attached hydrogens (tertiary/aromatic N) is 2. The summed E-state index contributed by atoms with van der Waals surface area (Å²) in [6, 6.07) is 0. The number of allylic oxidation sites excluding steroid dienone is 5. The van der Waals surface area contributed by atoms with E-state index in [1.54, 1.807) is 0 Å². The predicted molar refractivity (Wildman–Crippen MR) is 100 cm³/mol. The third-order valence-corrected chi connectivity index (χ3v) is 5.79. The highest BCUT2D eigenvalue weighted by Gasteiger charge is 2.46. The second kappa shape index (κ2) is 7.51. The molecule has 0 bridgehead atoms. The quantitative estimate of drug-likeness (QED) is 0.753. The predicted octanol–water partition coefficient (Wildman–Crippen LogP) is 4.19. The van der Waals surface area contributed by atoms with Crippen LogP contribution in [0.15, 0.2) is 41.1 Å². The van der Waals surface area contributed by atoms with Crippen molar-refractivity contribution in [3.63, 3.8) is 0 Å². The highest BCUT2D eigenvalue weighted by Crippen LogP contribution is 2.39. The molecule has 0 aromatic rings. The molecular weight excluding hydrogens is 312 g/mol. The van der Waals surface area contributed by atoms with Gasteiger partial charge in [-0.2, -0.15) is 5.10 Å². The molecule has 4 heteroatoms. The van der Waals surface area contributed by atoms with E-state index in [1.807, 2.05) is 44.2 Å². The van der Waals surface area contributed by atoms with E-state index < -0.39 is 5.41 Å². The molecular formula is C21H28N2O2. The topological polar surface area (TPSA) is 49.7 Å². The summed E-state index contributed by atoms with van der Waals surface area (Å²) in [5, 5.41) is 5.85. The Kier molecular flexibility index (Phi) is 5.36. The van der Waals surface area contributed by atoms with Gasteiger partial charge in [-0.1, -0.05) is 62.5 Å². The lowest BCUT2D eigenvalue weighted by Crippen LogP contribution is -2.40. The molecule has 0 radical (unpaired) electrons. The van der Waals surface area contributed by atoms with Gasteiger partial charge < -0.3 is 0 Å². The van der Waals surface area contributed by atoms with Crippen LogP contribution in [0.25, 0.3) is 0 Å². The summed E-state index contributed by atoms with van der Waals surface area (Å²) in [6.45, 7) is 3.96. The van der Waals surface area contributed by atoms with Crippen LogP contribution in [-0.4, -0.2) is 29.0 Å². The second-order valence-electron chi connectivity index (χ2n) is 7.70. The summed E-state index contributed by atoms with van der Waals surface area (Å²) in [5.41, 5.74) is 0.937. The van der Waals surface area contributed by atoms with Crippen LogP contribution in [-0.2, 0) is 9.59 Å². The van der Waals surface area contributed by atoms with Gasteiger partial charge in [0, 0.05) is 5.57 Å². The zero-order chi connectivity index (χ0) is 17.9. The monoisotopic (exact) mass is 340 g/mol. The van der Waals surface area contributed by atoms with Crippen molar-refractivity contribution in [1.82, 2.24) is 5.01 Å². The standard InChI is InChI=1S/C21H28N2O2/c1-16-21(2,14-17-10-6-5-7-11-17)20(25)23(22-16)15-19(24)18-12-8-3-4-9-13-18/h3,8-9,12-13,17H,4-7,10-11,14-15H2,1-2H3. The molecule has 134 valence electrons. The number of Topliss-reactive ketones (excluding diaryl/α,β-unsaturated/α-hetero) is 1. The maximum atomic E-state index is 13.0. The van der Waals surface area contributed by atoms with Crippen molar-refractivity contribution in [2.45, 2.75) is 58.8 Å². The Morgan fingerprint density at radius 1 is 1.28 bits per heavy atom. The summed E-state index contributed by atoms with van der Waals surface area (Å²) in [4.78, 5) is 25.5. The smallest absolute Gasteiger partial charge is 0.254 e. The normalized spacial score (nSPS) is 27.3. The van der Waals surface area contributed by atoms with Crippen molar-refractivity contribution < 1.29 is 9.59 Å². The molecule has 3 aliphatic rings. The van der Waals surface area contributed by atoms with E-state index >= 15 is 0 Å². The van der Waals surface area contributed by atoms with Gasteiger partial charge in [-0.3, -0.25) is 9.59 Å². The second-order valence-corrected chi connectivity index (χ2v) is 7.70. The highest BCUT2D eigenvalue weighted by atomic mass is 16.2. The van der Waals surface area contributed by atoms with Gasteiger partial charge in [-0.25, -0.2) is 5.01 Å². The molecule has 0 aromatic heterocycles. The molecule has 25 heavy (non-hydrogen) atoms. The number of ketones is 1. The molecule has 2 aliphatic carbocycles. The Hall–Kier alpha value is -1.97. The van der Waals surface area contributed by atoms with E-state index in [0.29, 0.717) is 11.5 Å². The number of amides is 1. The summed E-state index contributed by atoms with van der Waals surface area (Å²) >= 11 is 0. The first kappa shape index (κ1) is 17.8. The third kappa shape index (κ3) is 3.83. The molecule has 0 spiro atoms. The van der Waals surface area contributed by atoms with Crippen molar-refractivity contribution >= 4 is 17.4 Å². The van der Waals surface area contributed by atoms with E-state index in [0.717, 1.165) is 18.6 Å². The Balaban J connectivity index is 1.68. The molecule has 1 unspecified atom stereocenters. The van der Waals surface area contributed by atoms with Crippen LogP contribution in [0.2, 0.25) is 0 Å². The first-order valence-electron chi connectivity index (χ1n) is 9.45. The number of carbonyl (C=O) groups is 2. The summed E-state index contributed by atoms with van der Waals surface area (Å²) in [5.74, 6) is 0.522. The van der Waals surface area contributed by atoms with E-state index in [4.69, 9.17) is 0 Å². The zero-order valence-corrected chi connectivity index (χ0v) is 15.3. The lowest BCUT2D eigenvalue weighted by molar-refractivity contribution is -0.138. The Bertz CT molecular complexity index is 665. The van der Waals surface area contributed by atoms with Crippen LogP contribution in [0, 0.1) is 11.3 Å². The lowest BCUT2D eigenvalue weighted by atomic mass is 9.73. The van der Waals surface area contributed by atoms with Gasteiger partial charge in [-0.05, 0) is 32.6 Å². The van der Waals surface area contributed by atoms with Gasteiger partial charge in [0.25, 0.3) is 5.91 Å². The van der Waals surface area contributed by atoms with Crippen molar-refractivity contribution in [1.29, 1.82) is 0 Å². The minimum Gasteiger partial charge on any atom is -0.292 e. The number of carbonyl (C=O) groups excluding carboxylic acids is 2. The summed E-state index contributed by atoms with van der Waals surface area (Å²) in [6.07, 6.45) is 17.4. The maximum Gasteiger partial charge on any atom is 0.254 e. The van der Waals surface area contributed by atoms with Gasteiger partial charge in [-0.15, -0.1) is 0 Å². The van der Waals surface area contributed by atoms with Crippen molar-refractivity contribution in [2.75, 3.05) is 6.54 Å². The number of hydrogen-bond donors (Lipinski definition) is 0. The van der Waals surface area contributed by atoms with Gasteiger partial charge in [0.2, 0.25) is 0 Å². The van der Waals surface area contributed by atoms with Crippen LogP contribution >= 0.6 is 0 Å². The van der Waals surface area contributed by atoms with Gasteiger partial charge >= 0.3 is 0 Å². The molecule has 0 saturated heterocycles. The Labute approximate surface area is 150 Å². The van der Waals surface area contributed by atoms with E-state index in [9.17, 15) is 9.59 Å². The van der Waals surface area contributed by atoms with Crippen molar-refractivity contribution in [3.05, 3.63) is 36.0 Å². The molecule has 0 aromatic carbocycles. The van der Waals surface area contributed by atoms with Gasteiger partial charge in [0.1, 0.15) is 6.54 Å². The first-order valence-corrected chi connectivity index (χ1v) is 9.45. The van der Waals surface area contributed by atoms with Gasteiger partial charge in [0.15, 0.2) is 5.78 Å².